The van der Waals surface area contributed by atoms with Crippen LogP contribution in [-0.4, -0.2) is 89.3 Å². The van der Waals surface area contributed by atoms with Gasteiger partial charge >= 0.3 is 6.09 Å². The standard InChI is InChI=1S/C37H51N5O9S/c1-10-23-19-37(23,33(45)41-52(47,48)26-12-13-26)40-30(43)28-18-25(50-31-27-14-11-24(49-21(2)3)17-22(27)15-16-38-31)20-42(28)32(44)29(35(4,5)6)39-34(46)51-36(7,8)9/h10-11,14-17,21,23,25-26,28-29H,1,12-13,18-20H2,2-9H3,(H,39,46)(H,40,43)(H,41,45)/t23?,25-,28+,29-,37-/m1/s1. The van der Waals surface area contributed by atoms with E-state index in [1.165, 1.54) is 11.0 Å². The highest BCUT2D eigenvalue weighted by molar-refractivity contribution is 7.91. The maximum Gasteiger partial charge on any atom is 0.408 e. The summed E-state index contributed by atoms with van der Waals surface area (Å²) in [6.07, 6.45) is 2.63. The zero-order chi connectivity index (χ0) is 38.4. The highest BCUT2D eigenvalue weighted by Crippen LogP contribution is 2.45. The molecule has 52 heavy (non-hydrogen) atoms. The average molecular weight is 742 g/mol. The SMILES string of the molecule is C=CC1C[C@]1(NC(=O)[C@@H]1C[C@@H](Oc2nccc3cc(OC(C)C)ccc23)CN1C(=O)[C@@H](NC(=O)OC(C)(C)C)C(C)(C)C)C(=O)NS(=O)(=O)C1CC1. The van der Waals surface area contributed by atoms with E-state index in [1.807, 2.05) is 38.1 Å². The Kier molecular flexibility index (Phi) is 10.6. The molecule has 1 unspecified atom stereocenters. The van der Waals surface area contributed by atoms with Crippen LogP contribution in [-0.2, 0) is 29.1 Å². The molecule has 284 valence electrons. The summed E-state index contributed by atoms with van der Waals surface area (Å²) >= 11 is 0. The number of amides is 4. The quantitative estimate of drug-likeness (QED) is 0.269. The first-order valence-corrected chi connectivity index (χ1v) is 19.2. The summed E-state index contributed by atoms with van der Waals surface area (Å²) in [4.78, 5) is 60.9. The van der Waals surface area contributed by atoms with Crippen molar-refractivity contribution in [2.24, 2.45) is 11.3 Å². The van der Waals surface area contributed by atoms with Crippen LogP contribution in [0.1, 0.15) is 81.1 Å². The van der Waals surface area contributed by atoms with Gasteiger partial charge in [0.05, 0.1) is 17.9 Å². The molecular weight excluding hydrogens is 691 g/mol. The van der Waals surface area contributed by atoms with Crippen LogP contribution in [0.5, 0.6) is 11.6 Å². The molecule has 5 rings (SSSR count). The van der Waals surface area contributed by atoms with Gasteiger partial charge in [-0.2, -0.15) is 0 Å². The molecule has 0 spiro atoms. The van der Waals surface area contributed by atoms with Crippen molar-refractivity contribution in [1.82, 2.24) is 25.2 Å². The van der Waals surface area contributed by atoms with Crippen LogP contribution in [0.4, 0.5) is 4.79 Å². The number of pyridine rings is 1. The van der Waals surface area contributed by atoms with E-state index in [4.69, 9.17) is 14.2 Å². The van der Waals surface area contributed by atoms with Gasteiger partial charge in [0.1, 0.15) is 35.1 Å². The molecule has 2 aliphatic carbocycles. The third kappa shape index (κ3) is 8.79. The number of hydrogen-bond donors (Lipinski definition) is 3. The third-order valence-corrected chi connectivity index (χ3v) is 11.0. The van der Waals surface area contributed by atoms with Crippen LogP contribution in [0, 0.1) is 11.3 Å². The summed E-state index contributed by atoms with van der Waals surface area (Å²) in [6, 6.07) is 5.08. The van der Waals surface area contributed by atoms with E-state index in [1.54, 1.807) is 47.7 Å². The molecule has 14 nitrogen and oxygen atoms in total. The van der Waals surface area contributed by atoms with Crippen molar-refractivity contribution in [1.29, 1.82) is 0 Å². The van der Waals surface area contributed by atoms with Crippen molar-refractivity contribution in [3.05, 3.63) is 43.1 Å². The Balaban J connectivity index is 1.44. The topological polar surface area (TPSA) is 182 Å². The summed E-state index contributed by atoms with van der Waals surface area (Å²) in [5.41, 5.74) is -3.20. The van der Waals surface area contributed by atoms with E-state index in [2.05, 4.69) is 26.9 Å². The second-order valence-electron chi connectivity index (χ2n) is 16.3. The van der Waals surface area contributed by atoms with Crippen molar-refractivity contribution in [2.75, 3.05) is 6.54 Å². The Labute approximate surface area is 305 Å². The second-order valence-corrected chi connectivity index (χ2v) is 18.2. The predicted octanol–water partition coefficient (Wildman–Crippen LogP) is 3.98. The van der Waals surface area contributed by atoms with Crippen molar-refractivity contribution < 1.29 is 41.8 Å². The fourth-order valence-electron chi connectivity index (χ4n) is 6.36. The summed E-state index contributed by atoms with van der Waals surface area (Å²) in [7, 11) is -3.90. The Morgan fingerprint density at radius 2 is 1.77 bits per heavy atom. The molecule has 1 aliphatic heterocycles. The Hall–Kier alpha value is -4.40. The normalized spacial score (nSPS) is 23.8. The highest BCUT2D eigenvalue weighted by Gasteiger charge is 2.62. The number of benzene rings is 1. The van der Waals surface area contributed by atoms with Crippen LogP contribution in [0.3, 0.4) is 0 Å². The number of ether oxygens (including phenoxy) is 3. The van der Waals surface area contributed by atoms with Crippen LogP contribution < -0.4 is 24.8 Å². The maximum absolute atomic E-state index is 14.5. The summed E-state index contributed by atoms with van der Waals surface area (Å²) in [6.45, 7) is 18.0. The minimum absolute atomic E-state index is 0.0182. The van der Waals surface area contributed by atoms with Gasteiger partial charge in [0, 0.05) is 23.9 Å². The fraction of sp³-hybridized carbons (Fsp3) is 0.595. The number of alkyl carbamates (subject to hydrolysis) is 1. The van der Waals surface area contributed by atoms with Crippen LogP contribution >= 0.6 is 0 Å². The first-order chi connectivity index (χ1) is 24.1. The first-order valence-electron chi connectivity index (χ1n) is 17.7. The molecule has 4 amide bonds. The third-order valence-electron chi connectivity index (χ3n) is 9.22. The van der Waals surface area contributed by atoms with E-state index >= 15 is 0 Å². The minimum atomic E-state index is -3.90. The monoisotopic (exact) mass is 741 g/mol. The molecule has 0 bridgehead atoms. The lowest BCUT2D eigenvalue weighted by atomic mass is 9.85. The molecule has 1 saturated heterocycles. The minimum Gasteiger partial charge on any atom is -0.491 e. The van der Waals surface area contributed by atoms with E-state index in [0.717, 1.165) is 5.39 Å². The predicted molar refractivity (Wildman–Crippen MR) is 194 cm³/mol. The van der Waals surface area contributed by atoms with Gasteiger partial charge in [0.25, 0.3) is 5.91 Å². The van der Waals surface area contributed by atoms with E-state index in [9.17, 15) is 27.6 Å². The molecule has 3 fully saturated rings. The molecule has 2 aromatic rings. The fourth-order valence-corrected chi connectivity index (χ4v) is 7.72. The highest BCUT2D eigenvalue weighted by atomic mass is 32.2. The molecule has 2 heterocycles. The molecule has 3 aliphatic rings. The number of sulfonamides is 1. The Bertz CT molecular complexity index is 1850. The van der Waals surface area contributed by atoms with Crippen molar-refractivity contribution in [2.45, 2.75) is 122 Å². The number of carbonyl (C=O) groups is 4. The largest absolute Gasteiger partial charge is 0.491 e. The van der Waals surface area contributed by atoms with E-state index in [0.29, 0.717) is 29.9 Å². The van der Waals surface area contributed by atoms with E-state index < -0.39 is 79.7 Å². The molecule has 0 radical (unpaired) electrons. The number of aromatic nitrogens is 1. The molecular formula is C37H51N5O9S. The molecule has 15 heteroatoms. The van der Waals surface area contributed by atoms with Crippen LogP contribution in [0.15, 0.2) is 43.1 Å². The van der Waals surface area contributed by atoms with Crippen molar-refractivity contribution in [3.8, 4) is 11.6 Å². The second kappa shape index (κ2) is 14.2. The van der Waals surface area contributed by atoms with Gasteiger partial charge in [-0.05, 0) is 88.9 Å². The maximum atomic E-state index is 14.5. The first kappa shape index (κ1) is 38.8. The molecule has 1 aromatic heterocycles. The molecule has 3 N–H and O–H groups in total. The van der Waals surface area contributed by atoms with Gasteiger partial charge in [-0.25, -0.2) is 18.2 Å². The lowest BCUT2D eigenvalue weighted by molar-refractivity contribution is -0.143. The molecule has 2 saturated carbocycles. The number of fused-ring (bicyclic) bond motifs is 1. The summed E-state index contributed by atoms with van der Waals surface area (Å²) < 4.78 is 45.2. The molecule has 1 aromatic carbocycles. The lowest BCUT2D eigenvalue weighted by Crippen LogP contribution is -2.60. The number of nitrogens with one attached hydrogen (secondary N) is 3. The lowest BCUT2D eigenvalue weighted by Gasteiger charge is -2.36. The van der Waals surface area contributed by atoms with E-state index in [-0.39, 0.29) is 25.5 Å². The smallest absolute Gasteiger partial charge is 0.408 e. The number of hydrogen-bond acceptors (Lipinski definition) is 10. The van der Waals surface area contributed by atoms with Gasteiger partial charge in [-0.3, -0.25) is 19.1 Å². The van der Waals surface area contributed by atoms with Crippen LogP contribution in [0.25, 0.3) is 10.8 Å². The summed E-state index contributed by atoms with van der Waals surface area (Å²) in [5, 5.41) is 6.35. The van der Waals surface area contributed by atoms with Gasteiger partial charge in [-0.15, -0.1) is 6.58 Å². The van der Waals surface area contributed by atoms with Crippen molar-refractivity contribution >= 4 is 44.6 Å². The number of carbonyl (C=O) groups excluding carboxylic acids is 4. The summed E-state index contributed by atoms with van der Waals surface area (Å²) in [5.74, 6) is -1.63. The Morgan fingerprint density at radius 3 is 2.35 bits per heavy atom. The van der Waals surface area contributed by atoms with Gasteiger partial charge < -0.3 is 29.7 Å². The van der Waals surface area contributed by atoms with Crippen LogP contribution in [0.2, 0.25) is 0 Å². The van der Waals surface area contributed by atoms with Crippen molar-refractivity contribution in [3.63, 3.8) is 0 Å². The number of rotatable bonds is 12. The zero-order valence-corrected chi connectivity index (χ0v) is 32.0. The number of nitrogens with zero attached hydrogens (tertiary/aromatic N) is 2. The average Bonchev–Trinajstić information content (AvgIpc) is 3.95. The van der Waals surface area contributed by atoms with Gasteiger partial charge in [0.2, 0.25) is 27.7 Å². The molecule has 5 atom stereocenters. The van der Waals surface area contributed by atoms with Gasteiger partial charge in [-0.1, -0.05) is 26.8 Å². The zero-order valence-electron chi connectivity index (χ0n) is 31.1. The Morgan fingerprint density at radius 1 is 1.08 bits per heavy atom. The van der Waals surface area contributed by atoms with Gasteiger partial charge in [0.15, 0.2) is 0 Å². The number of likely N-dealkylation sites (tertiary alicyclic amines) is 1.